The number of hydrogen-bond donors (Lipinski definition) is 0. The molecule has 1 atom stereocenters. The van der Waals surface area contributed by atoms with Gasteiger partial charge in [0.2, 0.25) is 5.95 Å². The standard InChI is InChI=1S/C26H29FN4O2/c1-16-23(19-7-4-5-9-22(19)33-16)25(32)31-14-6-8-21(31)24-20(15-28-26(29-24)30(2)3)17-10-12-18(27)13-11-17/h10-13,15,21H,4-9,14H2,1-3H3. The van der Waals surface area contributed by atoms with E-state index in [-0.39, 0.29) is 17.8 Å². The van der Waals surface area contributed by atoms with E-state index in [4.69, 9.17) is 9.40 Å². The van der Waals surface area contributed by atoms with Crippen LogP contribution in [0.15, 0.2) is 34.9 Å². The van der Waals surface area contributed by atoms with Crippen molar-refractivity contribution in [2.75, 3.05) is 25.5 Å². The van der Waals surface area contributed by atoms with Gasteiger partial charge in [0.05, 0.1) is 17.3 Å². The Bertz CT molecular complexity index is 1190. The smallest absolute Gasteiger partial charge is 0.258 e. The van der Waals surface area contributed by atoms with E-state index >= 15 is 0 Å². The van der Waals surface area contributed by atoms with Gasteiger partial charge in [-0.15, -0.1) is 0 Å². The molecule has 1 saturated heterocycles. The summed E-state index contributed by atoms with van der Waals surface area (Å²) in [6.45, 7) is 2.57. The number of likely N-dealkylation sites (tertiary alicyclic amines) is 1. The van der Waals surface area contributed by atoms with Gasteiger partial charge >= 0.3 is 0 Å². The van der Waals surface area contributed by atoms with E-state index < -0.39 is 0 Å². The minimum Gasteiger partial charge on any atom is -0.465 e. The summed E-state index contributed by atoms with van der Waals surface area (Å²) in [6, 6.07) is 6.19. The molecule has 0 bridgehead atoms. The van der Waals surface area contributed by atoms with E-state index in [1.54, 1.807) is 18.3 Å². The molecule has 1 aliphatic carbocycles. The molecule has 7 heteroatoms. The van der Waals surface area contributed by atoms with Crippen LogP contribution in [0.2, 0.25) is 0 Å². The first-order valence-corrected chi connectivity index (χ1v) is 11.7. The van der Waals surface area contributed by atoms with E-state index in [1.807, 2.05) is 30.8 Å². The van der Waals surface area contributed by atoms with Crippen molar-refractivity contribution in [3.05, 3.63) is 64.6 Å². The molecule has 3 aromatic rings. The molecule has 0 saturated carbocycles. The topological polar surface area (TPSA) is 62.5 Å². The molecule has 1 aliphatic heterocycles. The third-order valence-corrected chi connectivity index (χ3v) is 6.75. The Morgan fingerprint density at radius 3 is 2.67 bits per heavy atom. The lowest BCUT2D eigenvalue weighted by atomic mass is 9.93. The van der Waals surface area contributed by atoms with Gasteiger partial charge in [0.1, 0.15) is 17.3 Å². The van der Waals surface area contributed by atoms with E-state index in [9.17, 15) is 9.18 Å². The maximum absolute atomic E-state index is 13.9. The van der Waals surface area contributed by atoms with Gasteiger partial charge in [-0.05, 0) is 56.7 Å². The highest BCUT2D eigenvalue weighted by Gasteiger charge is 2.37. The van der Waals surface area contributed by atoms with Crippen LogP contribution in [-0.2, 0) is 12.8 Å². The maximum atomic E-state index is 13.9. The van der Waals surface area contributed by atoms with Crippen molar-refractivity contribution in [2.24, 2.45) is 0 Å². The van der Waals surface area contributed by atoms with Crippen LogP contribution >= 0.6 is 0 Å². The first-order valence-electron chi connectivity index (χ1n) is 11.7. The Kier molecular flexibility index (Phi) is 5.64. The largest absolute Gasteiger partial charge is 0.465 e. The minimum absolute atomic E-state index is 0.0250. The van der Waals surface area contributed by atoms with Gasteiger partial charge in [-0.25, -0.2) is 14.4 Å². The summed E-state index contributed by atoms with van der Waals surface area (Å²) >= 11 is 0. The normalized spacial score (nSPS) is 17.8. The Labute approximate surface area is 193 Å². The van der Waals surface area contributed by atoms with Crippen molar-refractivity contribution < 1.29 is 13.6 Å². The van der Waals surface area contributed by atoms with Gasteiger partial charge in [0, 0.05) is 44.4 Å². The predicted octanol–water partition coefficient (Wildman–Crippen LogP) is 5.11. The molecule has 172 valence electrons. The average molecular weight is 449 g/mol. The maximum Gasteiger partial charge on any atom is 0.258 e. The van der Waals surface area contributed by atoms with Gasteiger partial charge in [-0.3, -0.25) is 4.79 Å². The number of amides is 1. The number of anilines is 1. The van der Waals surface area contributed by atoms with Gasteiger partial charge in [0.15, 0.2) is 0 Å². The van der Waals surface area contributed by atoms with Crippen molar-refractivity contribution in [3.63, 3.8) is 0 Å². The lowest BCUT2D eigenvalue weighted by Gasteiger charge is -2.27. The number of carbonyl (C=O) groups excluding carboxylic acids is 1. The van der Waals surface area contributed by atoms with Crippen LogP contribution in [0.5, 0.6) is 0 Å². The first kappa shape index (κ1) is 21.6. The van der Waals surface area contributed by atoms with Crippen LogP contribution in [0.3, 0.4) is 0 Å². The van der Waals surface area contributed by atoms with Gasteiger partial charge in [0.25, 0.3) is 5.91 Å². The molecule has 1 aromatic carbocycles. The van der Waals surface area contributed by atoms with Crippen LogP contribution in [0, 0.1) is 12.7 Å². The van der Waals surface area contributed by atoms with Crippen LogP contribution in [0.4, 0.5) is 10.3 Å². The van der Waals surface area contributed by atoms with Crippen LogP contribution in [0.1, 0.15) is 64.9 Å². The number of hydrogen-bond acceptors (Lipinski definition) is 5. The fraction of sp³-hybridized carbons (Fsp3) is 0.423. The highest BCUT2D eigenvalue weighted by molar-refractivity contribution is 5.97. The molecule has 0 radical (unpaired) electrons. The molecule has 33 heavy (non-hydrogen) atoms. The van der Waals surface area contributed by atoms with Crippen molar-refractivity contribution in [1.82, 2.24) is 14.9 Å². The zero-order valence-electron chi connectivity index (χ0n) is 19.4. The van der Waals surface area contributed by atoms with Gasteiger partial charge in [-0.1, -0.05) is 12.1 Å². The number of carbonyl (C=O) groups is 1. The molecular weight excluding hydrogens is 419 g/mol. The first-order chi connectivity index (χ1) is 15.9. The summed E-state index contributed by atoms with van der Waals surface area (Å²) in [5, 5.41) is 0. The van der Waals surface area contributed by atoms with Crippen molar-refractivity contribution in [1.29, 1.82) is 0 Å². The average Bonchev–Trinajstić information content (AvgIpc) is 3.43. The fourth-order valence-electron chi connectivity index (χ4n) is 5.13. The Morgan fingerprint density at radius 1 is 1.15 bits per heavy atom. The monoisotopic (exact) mass is 448 g/mol. The number of fused-ring (bicyclic) bond motifs is 1. The molecule has 2 aromatic heterocycles. The molecule has 1 amide bonds. The summed E-state index contributed by atoms with van der Waals surface area (Å²) in [5.41, 5.74) is 4.30. The highest BCUT2D eigenvalue weighted by atomic mass is 19.1. The number of benzene rings is 1. The van der Waals surface area contributed by atoms with Crippen molar-refractivity contribution in [3.8, 4) is 11.1 Å². The molecule has 0 N–H and O–H groups in total. The molecule has 5 rings (SSSR count). The molecule has 1 fully saturated rings. The lowest BCUT2D eigenvalue weighted by Crippen LogP contribution is -2.32. The third kappa shape index (κ3) is 3.90. The summed E-state index contributed by atoms with van der Waals surface area (Å²) < 4.78 is 19.6. The summed E-state index contributed by atoms with van der Waals surface area (Å²) in [6.07, 6.45) is 7.50. The lowest BCUT2D eigenvalue weighted by molar-refractivity contribution is 0.0730. The fourth-order valence-corrected chi connectivity index (χ4v) is 5.13. The predicted molar refractivity (Wildman–Crippen MR) is 125 cm³/mol. The number of nitrogens with zero attached hydrogens (tertiary/aromatic N) is 4. The Balaban J connectivity index is 1.57. The molecule has 1 unspecified atom stereocenters. The summed E-state index contributed by atoms with van der Waals surface area (Å²) in [7, 11) is 3.80. The molecule has 6 nitrogen and oxygen atoms in total. The molecule has 0 spiro atoms. The minimum atomic E-state index is -0.288. The number of rotatable bonds is 4. The third-order valence-electron chi connectivity index (χ3n) is 6.75. The van der Waals surface area contributed by atoms with E-state index in [0.29, 0.717) is 18.3 Å². The highest BCUT2D eigenvalue weighted by Crippen LogP contribution is 2.39. The van der Waals surface area contributed by atoms with E-state index in [2.05, 4.69) is 4.98 Å². The Hall–Kier alpha value is -3.22. The van der Waals surface area contributed by atoms with Gasteiger partial charge < -0.3 is 14.2 Å². The van der Waals surface area contributed by atoms with E-state index in [0.717, 1.165) is 72.2 Å². The number of furan rings is 1. The van der Waals surface area contributed by atoms with Crippen LogP contribution in [0.25, 0.3) is 11.1 Å². The number of aryl methyl sites for hydroxylation is 2. The van der Waals surface area contributed by atoms with Crippen molar-refractivity contribution in [2.45, 2.75) is 51.5 Å². The molecule has 2 aliphatic rings. The second-order valence-corrected chi connectivity index (χ2v) is 9.17. The zero-order valence-corrected chi connectivity index (χ0v) is 19.4. The quantitative estimate of drug-likeness (QED) is 0.555. The number of aromatic nitrogens is 2. The SMILES string of the molecule is Cc1oc2c(c1C(=O)N1CCCC1c1nc(N(C)C)ncc1-c1ccc(F)cc1)CCCC2. The second-order valence-electron chi connectivity index (χ2n) is 9.17. The van der Waals surface area contributed by atoms with E-state index in [1.165, 1.54) is 12.1 Å². The summed E-state index contributed by atoms with van der Waals surface area (Å²) in [4.78, 5) is 27.0. The van der Waals surface area contributed by atoms with Crippen LogP contribution < -0.4 is 4.90 Å². The van der Waals surface area contributed by atoms with Gasteiger partial charge in [-0.2, -0.15) is 0 Å². The zero-order chi connectivity index (χ0) is 23.1. The van der Waals surface area contributed by atoms with Crippen LogP contribution in [-0.4, -0.2) is 41.4 Å². The molecular formula is C26H29FN4O2. The number of halogens is 1. The van der Waals surface area contributed by atoms with Crippen molar-refractivity contribution >= 4 is 11.9 Å². The Morgan fingerprint density at radius 2 is 1.91 bits per heavy atom. The summed E-state index contributed by atoms with van der Waals surface area (Å²) in [5.74, 6) is 2.02. The second kappa shape index (κ2) is 8.61. The molecule has 3 heterocycles.